The molecular formula is C20H44O3. The van der Waals surface area contributed by atoms with Crippen LogP contribution >= 0.6 is 0 Å². The average molecular weight is 333 g/mol. The van der Waals surface area contributed by atoms with Gasteiger partial charge in [-0.1, -0.05) is 54.4 Å². The maximum atomic E-state index is 5.44. The summed E-state index contributed by atoms with van der Waals surface area (Å²) in [5.41, 5.74) is 0. The zero-order valence-corrected chi connectivity index (χ0v) is 17.2. The van der Waals surface area contributed by atoms with Crippen LogP contribution in [0.15, 0.2) is 0 Å². The van der Waals surface area contributed by atoms with Crippen molar-refractivity contribution in [3.63, 3.8) is 0 Å². The molecule has 0 rings (SSSR count). The van der Waals surface area contributed by atoms with Crippen LogP contribution < -0.4 is 0 Å². The van der Waals surface area contributed by atoms with Gasteiger partial charge in [-0.25, -0.2) is 0 Å². The van der Waals surface area contributed by atoms with Crippen molar-refractivity contribution in [2.24, 2.45) is 23.7 Å². The standard InChI is InChI=1S/C11H24O2.C9H20O/c1-10(2)5-6-11(3)9-13-8-7-12-4;1-8(2)5-6-9(3)7-10-4/h10-11H,5-9H2,1-4H3;8-9H,5-7H2,1-4H3. The van der Waals surface area contributed by atoms with Crippen LogP contribution in [0.5, 0.6) is 0 Å². The van der Waals surface area contributed by atoms with Gasteiger partial charge in [0, 0.05) is 27.4 Å². The Morgan fingerprint density at radius 2 is 1.04 bits per heavy atom. The molecule has 0 N–H and O–H groups in total. The van der Waals surface area contributed by atoms with Gasteiger partial charge in [0.1, 0.15) is 0 Å². The first-order valence-electron chi connectivity index (χ1n) is 9.38. The van der Waals surface area contributed by atoms with Crippen LogP contribution in [0.25, 0.3) is 0 Å². The topological polar surface area (TPSA) is 27.7 Å². The summed E-state index contributed by atoms with van der Waals surface area (Å²) in [6.45, 7) is 16.7. The van der Waals surface area contributed by atoms with Crippen molar-refractivity contribution >= 4 is 0 Å². The van der Waals surface area contributed by atoms with Gasteiger partial charge in [0.15, 0.2) is 0 Å². The molecule has 0 spiro atoms. The van der Waals surface area contributed by atoms with E-state index in [1.54, 1.807) is 14.2 Å². The molecule has 23 heavy (non-hydrogen) atoms. The van der Waals surface area contributed by atoms with E-state index in [9.17, 15) is 0 Å². The van der Waals surface area contributed by atoms with Gasteiger partial charge in [0.05, 0.1) is 13.2 Å². The van der Waals surface area contributed by atoms with E-state index in [0.717, 1.165) is 37.6 Å². The monoisotopic (exact) mass is 332 g/mol. The van der Waals surface area contributed by atoms with E-state index in [2.05, 4.69) is 41.5 Å². The van der Waals surface area contributed by atoms with Crippen LogP contribution in [-0.2, 0) is 14.2 Å². The Kier molecular flexibility index (Phi) is 19.9. The summed E-state index contributed by atoms with van der Waals surface area (Å²) in [5.74, 6) is 3.05. The number of rotatable bonds is 13. The molecule has 0 saturated heterocycles. The van der Waals surface area contributed by atoms with E-state index in [1.807, 2.05) is 0 Å². The Morgan fingerprint density at radius 1 is 0.565 bits per heavy atom. The van der Waals surface area contributed by atoms with Crippen molar-refractivity contribution in [3.8, 4) is 0 Å². The SMILES string of the molecule is COCC(C)CCC(C)C.COCCOCC(C)CCC(C)C. The molecule has 0 aromatic carbocycles. The predicted octanol–water partition coefficient (Wildman–Crippen LogP) is 5.43. The van der Waals surface area contributed by atoms with Crippen LogP contribution in [0.4, 0.5) is 0 Å². The number of hydrogen-bond donors (Lipinski definition) is 0. The summed E-state index contributed by atoms with van der Waals surface area (Å²) < 4.78 is 15.4. The second-order valence-electron chi connectivity index (χ2n) is 7.68. The molecule has 0 saturated carbocycles. The van der Waals surface area contributed by atoms with Crippen molar-refractivity contribution in [1.82, 2.24) is 0 Å². The number of methoxy groups -OCH3 is 2. The molecule has 0 bridgehead atoms. The zero-order chi connectivity index (χ0) is 18.1. The predicted molar refractivity (Wildman–Crippen MR) is 101 cm³/mol. The van der Waals surface area contributed by atoms with Gasteiger partial charge in [-0.05, 0) is 36.5 Å². The maximum absolute atomic E-state index is 5.44. The fourth-order valence-electron chi connectivity index (χ4n) is 2.11. The van der Waals surface area contributed by atoms with E-state index in [1.165, 1.54) is 25.7 Å². The molecule has 3 heteroatoms. The Balaban J connectivity index is 0. The molecule has 0 amide bonds. The summed E-state index contributed by atoms with van der Waals surface area (Å²) in [6, 6.07) is 0. The first kappa shape index (κ1) is 25.1. The molecule has 2 unspecified atom stereocenters. The molecule has 0 aliphatic heterocycles. The second kappa shape index (κ2) is 18.2. The molecular weight excluding hydrogens is 288 g/mol. The summed E-state index contributed by atoms with van der Waals surface area (Å²) in [7, 11) is 3.47. The van der Waals surface area contributed by atoms with E-state index < -0.39 is 0 Å². The molecule has 0 aliphatic rings. The lowest BCUT2D eigenvalue weighted by Crippen LogP contribution is -2.10. The minimum absolute atomic E-state index is 0.680. The molecule has 0 aromatic rings. The minimum atomic E-state index is 0.680. The highest BCUT2D eigenvalue weighted by molar-refractivity contribution is 4.54. The Labute approximate surface area is 146 Å². The first-order chi connectivity index (χ1) is 10.8. The van der Waals surface area contributed by atoms with Crippen LogP contribution in [0.2, 0.25) is 0 Å². The summed E-state index contributed by atoms with van der Waals surface area (Å²) in [6.07, 6.45) is 5.19. The number of hydrogen-bond acceptors (Lipinski definition) is 3. The fourth-order valence-corrected chi connectivity index (χ4v) is 2.11. The lowest BCUT2D eigenvalue weighted by atomic mass is 10.0. The van der Waals surface area contributed by atoms with Gasteiger partial charge >= 0.3 is 0 Å². The van der Waals surface area contributed by atoms with E-state index in [4.69, 9.17) is 14.2 Å². The quantitative estimate of drug-likeness (QED) is 0.421. The Hall–Kier alpha value is -0.120. The minimum Gasteiger partial charge on any atom is -0.384 e. The van der Waals surface area contributed by atoms with Crippen molar-refractivity contribution in [2.75, 3.05) is 40.6 Å². The Bertz CT molecular complexity index is 217. The normalized spacial score (nSPS) is 13.8. The third-order valence-corrected chi connectivity index (χ3v) is 3.76. The van der Waals surface area contributed by atoms with Gasteiger partial charge in [-0.3, -0.25) is 0 Å². The van der Waals surface area contributed by atoms with Crippen molar-refractivity contribution < 1.29 is 14.2 Å². The molecule has 0 aromatic heterocycles. The van der Waals surface area contributed by atoms with Crippen molar-refractivity contribution in [3.05, 3.63) is 0 Å². The molecule has 142 valence electrons. The lowest BCUT2D eigenvalue weighted by Gasteiger charge is -2.12. The molecule has 0 radical (unpaired) electrons. The maximum Gasteiger partial charge on any atom is 0.0700 e. The highest BCUT2D eigenvalue weighted by atomic mass is 16.5. The number of ether oxygens (including phenoxy) is 3. The van der Waals surface area contributed by atoms with E-state index in [-0.39, 0.29) is 0 Å². The molecule has 0 fully saturated rings. The summed E-state index contributed by atoms with van der Waals surface area (Å²) in [4.78, 5) is 0. The first-order valence-corrected chi connectivity index (χ1v) is 9.38. The van der Waals surface area contributed by atoms with Gasteiger partial charge < -0.3 is 14.2 Å². The van der Waals surface area contributed by atoms with Gasteiger partial charge in [0.2, 0.25) is 0 Å². The lowest BCUT2D eigenvalue weighted by molar-refractivity contribution is 0.0520. The zero-order valence-electron chi connectivity index (χ0n) is 17.2. The Morgan fingerprint density at radius 3 is 1.43 bits per heavy atom. The average Bonchev–Trinajstić information content (AvgIpc) is 2.48. The van der Waals surface area contributed by atoms with E-state index >= 15 is 0 Å². The molecule has 2 atom stereocenters. The third-order valence-electron chi connectivity index (χ3n) is 3.76. The van der Waals surface area contributed by atoms with Gasteiger partial charge in [-0.15, -0.1) is 0 Å². The van der Waals surface area contributed by atoms with Crippen LogP contribution in [0, 0.1) is 23.7 Å². The van der Waals surface area contributed by atoms with Crippen LogP contribution in [-0.4, -0.2) is 40.6 Å². The molecule has 3 nitrogen and oxygen atoms in total. The third kappa shape index (κ3) is 24.3. The highest BCUT2D eigenvalue weighted by Crippen LogP contribution is 2.12. The fraction of sp³-hybridized carbons (Fsp3) is 1.00. The summed E-state index contributed by atoms with van der Waals surface area (Å²) in [5, 5.41) is 0. The highest BCUT2D eigenvalue weighted by Gasteiger charge is 2.03. The van der Waals surface area contributed by atoms with Crippen LogP contribution in [0.1, 0.15) is 67.2 Å². The molecule has 0 aliphatic carbocycles. The van der Waals surface area contributed by atoms with Crippen LogP contribution in [0.3, 0.4) is 0 Å². The largest absolute Gasteiger partial charge is 0.384 e. The van der Waals surface area contributed by atoms with Crippen molar-refractivity contribution in [1.29, 1.82) is 0 Å². The molecule has 0 heterocycles. The van der Waals surface area contributed by atoms with E-state index in [0.29, 0.717) is 12.5 Å². The second-order valence-corrected chi connectivity index (χ2v) is 7.68. The van der Waals surface area contributed by atoms with Crippen molar-refractivity contribution in [2.45, 2.75) is 67.2 Å². The smallest absolute Gasteiger partial charge is 0.0700 e. The summed E-state index contributed by atoms with van der Waals surface area (Å²) >= 11 is 0. The van der Waals surface area contributed by atoms with Gasteiger partial charge in [-0.2, -0.15) is 0 Å². The van der Waals surface area contributed by atoms with Gasteiger partial charge in [0.25, 0.3) is 0 Å².